The Labute approximate surface area is 425 Å². The van der Waals surface area contributed by atoms with Gasteiger partial charge < -0.3 is 5.11 Å². The highest BCUT2D eigenvalue weighted by molar-refractivity contribution is 5.98. The number of pyridine rings is 1. The number of hydrogen-bond donors (Lipinski definition) is 1. The van der Waals surface area contributed by atoms with E-state index in [2.05, 4.69) is 26.8 Å². The first-order valence-electron chi connectivity index (χ1n) is 30.3. The maximum Gasteiger partial charge on any atom is 0.149 e. The molecule has 1 N–H and O–H groups in total. The summed E-state index contributed by atoms with van der Waals surface area (Å²) in [6.07, 6.45) is 1.62. The summed E-state index contributed by atoms with van der Waals surface area (Å²) in [6, 6.07) is 50.2. The van der Waals surface area contributed by atoms with E-state index in [1.807, 2.05) is 141 Å². The monoisotopic (exact) mass is 907 g/mol. The Bertz CT molecular complexity index is 3830. The molecular formula is C64H65N3O. The molecule has 342 valence electrons. The molecule has 0 aliphatic rings. The molecule has 68 heavy (non-hydrogen) atoms. The lowest BCUT2D eigenvalue weighted by Crippen LogP contribution is -2.18. The van der Waals surface area contributed by atoms with Gasteiger partial charge in [-0.05, 0) is 132 Å². The summed E-state index contributed by atoms with van der Waals surface area (Å²) in [7, 11) is 0. The molecule has 2 aromatic heterocycles. The molecule has 0 saturated heterocycles. The van der Waals surface area contributed by atoms with Crippen LogP contribution >= 0.6 is 0 Å². The summed E-state index contributed by atoms with van der Waals surface area (Å²) >= 11 is 0. The van der Waals surface area contributed by atoms with Crippen molar-refractivity contribution in [3.8, 4) is 78.6 Å². The summed E-state index contributed by atoms with van der Waals surface area (Å²) in [5, 5.41) is 12.8. The predicted molar refractivity (Wildman–Crippen MR) is 288 cm³/mol. The first-order valence-corrected chi connectivity index (χ1v) is 22.8. The summed E-state index contributed by atoms with van der Waals surface area (Å²) in [4.78, 5) is 10.3. The molecule has 9 aromatic rings. The second kappa shape index (κ2) is 17.2. The van der Waals surface area contributed by atoms with Gasteiger partial charge in [-0.3, -0.25) is 9.55 Å². The summed E-state index contributed by atoms with van der Waals surface area (Å²) in [5.41, 5.74) is 3.47. The fraction of sp³-hybridized carbons (Fsp3) is 0.250. The molecule has 0 fully saturated rings. The average molecular weight is 907 g/mol. The van der Waals surface area contributed by atoms with Crippen molar-refractivity contribution in [2.75, 3.05) is 0 Å². The smallest absolute Gasteiger partial charge is 0.149 e. The molecule has 0 aliphatic heterocycles. The number of phenolic OH excluding ortho intramolecular Hbond substituents is 1. The van der Waals surface area contributed by atoms with E-state index in [1.54, 1.807) is 18.3 Å². The normalized spacial score (nSPS) is 16.7. The second-order valence-corrected chi connectivity index (χ2v) is 20.0. The number of nitrogens with zero attached hydrogens (tertiary/aromatic N) is 3. The fourth-order valence-electron chi connectivity index (χ4n) is 8.93. The SMILES string of the molecule is [2H]C([2H])([2H])C(C)(c1cc(C(C)(C)C)cc(-c2nc3c(-c4cc(-c5ccccc5)cc(-c5cc(-c6ccc(C(C([2H])([2H])[2H])(C([2H])([2H])[2H])C([2H])([2H])[2H])cc6)ccn5)c4)cccc3n2-c2ccc(-c3ccccc3)cc2C(C)(C)C)c1O)C([2H])([2H])[2H]. The van der Waals surface area contributed by atoms with Gasteiger partial charge in [-0.1, -0.05) is 192 Å². The molecule has 2 heterocycles. The minimum atomic E-state index is -3.42. The van der Waals surface area contributed by atoms with Gasteiger partial charge in [-0.15, -0.1) is 0 Å². The highest BCUT2D eigenvalue weighted by Crippen LogP contribution is 2.46. The van der Waals surface area contributed by atoms with E-state index >= 15 is 0 Å². The topological polar surface area (TPSA) is 50.9 Å². The lowest BCUT2D eigenvalue weighted by atomic mass is 9.78. The van der Waals surface area contributed by atoms with Crippen LogP contribution in [0.4, 0.5) is 0 Å². The average Bonchev–Trinajstić information content (AvgIpc) is 1.70. The summed E-state index contributed by atoms with van der Waals surface area (Å²) in [6.45, 7) is -3.15. The molecule has 0 radical (unpaired) electrons. The number of aromatic nitrogens is 3. The van der Waals surface area contributed by atoms with Gasteiger partial charge in [0.25, 0.3) is 0 Å². The van der Waals surface area contributed by atoms with E-state index < -0.39 is 61.7 Å². The molecule has 7 aromatic carbocycles. The number of hydrogen-bond acceptors (Lipinski definition) is 3. The van der Waals surface area contributed by atoms with Gasteiger partial charge in [0.15, 0.2) is 0 Å². The van der Waals surface area contributed by atoms with Crippen molar-refractivity contribution < 1.29 is 25.7 Å². The number of imidazole rings is 1. The Morgan fingerprint density at radius 1 is 0.441 bits per heavy atom. The van der Waals surface area contributed by atoms with E-state index in [-0.39, 0.29) is 22.5 Å². The van der Waals surface area contributed by atoms with Crippen LogP contribution in [0.25, 0.3) is 83.9 Å². The van der Waals surface area contributed by atoms with Crippen molar-refractivity contribution in [1.29, 1.82) is 0 Å². The Morgan fingerprint density at radius 3 is 1.69 bits per heavy atom. The number of rotatable bonds is 7. The highest BCUT2D eigenvalue weighted by atomic mass is 16.3. The fourth-order valence-corrected chi connectivity index (χ4v) is 8.93. The van der Waals surface area contributed by atoms with Crippen molar-refractivity contribution >= 4 is 11.0 Å². The second-order valence-electron chi connectivity index (χ2n) is 20.0. The molecular weight excluding hydrogens is 827 g/mol. The first kappa shape index (κ1) is 31.1. The van der Waals surface area contributed by atoms with E-state index in [0.29, 0.717) is 44.5 Å². The quantitative estimate of drug-likeness (QED) is 0.173. The van der Waals surface area contributed by atoms with Crippen LogP contribution in [0.5, 0.6) is 5.75 Å². The minimum Gasteiger partial charge on any atom is -0.507 e. The predicted octanol–water partition coefficient (Wildman–Crippen LogP) is 17.3. The Morgan fingerprint density at radius 2 is 1.04 bits per heavy atom. The molecule has 0 spiro atoms. The van der Waals surface area contributed by atoms with Crippen LogP contribution in [0.2, 0.25) is 0 Å². The largest absolute Gasteiger partial charge is 0.507 e. The van der Waals surface area contributed by atoms with Crippen LogP contribution < -0.4 is 0 Å². The standard InChI is InChI=1S/C64H65N3O/c1-61(2,3)49-29-26-43(27-30-49)45-32-33-65-55(38-45)48-35-46(42-22-17-14-18-23-42)34-47(36-48)51-24-19-25-57-58(51)66-60(52-39-50(62(4,5)6)40-54(59(52)68)64(10,11)12)67(57)56-31-28-44(37-53(56)63(7,8)9)41-20-15-13-16-21-41/h13-40,68H,1-12H3/i1D3,2D3,3D3,10D3,11D3. The van der Waals surface area contributed by atoms with Gasteiger partial charge in [-0.25, -0.2) is 4.98 Å². The molecule has 0 amide bonds. The Hall–Kier alpha value is -7.04. The third kappa shape index (κ3) is 9.05. The van der Waals surface area contributed by atoms with Crippen LogP contribution in [0.3, 0.4) is 0 Å². The van der Waals surface area contributed by atoms with Crippen LogP contribution in [-0.4, -0.2) is 19.6 Å². The van der Waals surface area contributed by atoms with Crippen molar-refractivity contribution in [3.63, 3.8) is 0 Å². The first-order chi connectivity index (χ1) is 38.4. The number of benzene rings is 7. The van der Waals surface area contributed by atoms with E-state index in [0.717, 1.165) is 46.0 Å². The van der Waals surface area contributed by atoms with Crippen molar-refractivity contribution in [2.24, 2.45) is 0 Å². The van der Waals surface area contributed by atoms with Gasteiger partial charge in [0.1, 0.15) is 11.6 Å². The van der Waals surface area contributed by atoms with Crippen LogP contribution in [-0.2, 0) is 21.7 Å². The van der Waals surface area contributed by atoms with E-state index in [1.165, 1.54) is 30.3 Å². The number of phenols is 1. The van der Waals surface area contributed by atoms with Crippen LogP contribution in [0.1, 0.15) is 126 Å². The third-order valence-electron chi connectivity index (χ3n) is 12.7. The zero-order valence-electron chi connectivity index (χ0n) is 54.5. The zero-order chi connectivity index (χ0) is 60.8. The van der Waals surface area contributed by atoms with Gasteiger partial charge in [0.05, 0.1) is 28.0 Å². The van der Waals surface area contributed by atoms with Crippen LogP contribution in [0, 0.1) is 0 Å². The van der Waals surface area contributed by atoms with Gasteiger partial charge in [0.2, 0.25) is 0 Å². The van der Waals surface area contributed by atoms with E-state index in [9.17, 15) is 5.11 Å². The lowest BCUT2D eigenvalue weighted by Gasteiger charge is -2.28. The lowest BCUT2D eigenvalue weighted by molar-refractivity contribution is 0.446. The molecule has 4 nitrogen and oxygen atoms in total. The molecule has 0 atom stereocenters. The van der Waals surface area contributed by atoms with Crippen molar-refractivity contribution in [2.45, 2.75) is 104 Å². The van der Waals surface area contributed by atoms with Crippen molar-refractivity contribution in [3.05, 3.63) is 192 Å². The number of para-hydroxylation sites is 1. The highest BCUT2D eigenvalue weighted by Gasteiger charge is 2.30. The number of fused-ring (bicyclic) bond motifs is 1. The van der Waals surface area contributed by atoms with Gasteiger partial charge in [0, 0.05) is 43.4 Å². The molecule has 0 saturated carbocycles. The van der Waals surface area contributed by atoms with Gasteiger partial charge >= 0.3 is 0 Å². The maximum absolute atomic E-state index is 12.8. The molecule has 0 aliphatic carbocycles. The Kier molecular flexibility index (Phi) is 7.88. The van der Waals surface area contributed by atoms with Crippen LogP contribution in [0.15, 0.2) is 170 Å². The van der Waals surface area contributed by atoms with Gasteiger partial charge in [-0.2, -0.15) is 0 Å². The summed E-state index contributed by atoms with van der Waals surface area (Å²) < 4.78 is 129. The number of aromatic hydroxyl groups is 1. The molecule has 4 heteroatoms. The molecule has 0 bridgehead atoms. The molecule has 9 rings (SSSR count). The molecule has 0 unspecified atom stereocenters. The maximum atomic E-state index is 12.8. The zero-order valence-corrected chi connectivity index (χ0v) is 39.5. The third-order valence-corrected chi connectivity index (χ3v) is 12.7. The Balaban J connectivity index is 1.32. The van der Waals surface area contributed by atoms with Crippen molar-refractivity contribution in [1.82, 2.24) is 14.5 Å². The summed E-state index contributed by atoms with van der Waals surface area (Å²) in [5.74, 6) is -0.286. The minimum absolute atomic E-state index is 0.134. The van der Waals surface area contributed by atoms with E-state index in [4.69, 9.17) is 30.5 Å².